The normalized spacial score (nSPS) is 14.6. The zero-order valence-electron chi connectivity index (χ0n) is 22.6. The Kier molecular flexibility index (Phi) is 5.95. The van der Waals surface area contributed by atoms with E-state index in [-0.39, 0.29) is 5.82 Å². The minimum absolute atomic E-state index is 0.208. The fourth-order valence-corrected chi connectivity index (χ4v) is 2.96. The van der Waals surface area contributed by atoms with Gasteiger partial charge in [-0.3, -0.25) is 4.98 Å². The van der Waals surface area contributed by atoms with Gasteiger partial charge in [-0.25, -0.2) is 9.78 Å². The fraction of sp³-hybridized carbons (Fsp3) is 0.320. The number of aromatic nitrogens is 2. The summed E-state index contributed by atoms with van der Waals surface area (Å²) in [5.74, 6) is -1.07. The first kappa shape index (κ1) is 16.4. The van der Waals surface area contributed by atoms with Crippen LogP contribution in [-0.2, 0) is 9.53 Å². The quantitative estimate of drug-likeness (QED) is 0.471. The first-order valence-electron chi connectivity index (χ1n) is 12.4. The summed E-state index contributed by atoms with van der Waals surface area (Å²) in [7, 11) is 0. The van der Waals surface area contributed by atoms with E-state index in [4.69, 9.17) is 21.7 Å². The van der Waals surface area contributed by atoms with Gasteiger partial charge in [0.25, 0.3) is 0 Å². The van der Waals surface area contributed by atoms with Crippen LogP contribution in [0.25, 0.3) is 22.5 Å². The van der Waals surface area contributed by atoms with Crippen LogP contribution >= 0.6 is 0 Å². The van der Waals surface area contributed by atoms with E-state index >= 15 is 0 Å². The van der Waals surface area contributed by atoms with Crippen molar-refractivity contribution in [2.45, 2.75) is 32.6 Å². The van der Waals surface area contributed by atoms with Crippen molar-refractivity contribution in [2.75, 3.05) is 24.7 Å². The molecule has 0 radical (unpaired) electrons. The van der Waals surface area contributed by atoms with Crippen LogP contribution in [-0.4, -0.2) is 46.8 Å². The molecule has 3 rings (SSSR count). The summed E-state index contributed by atoms with van der Waals surface area (Å²) < 4.78 is 46.8. The van der Waals surface area contributed by atoms with E-state index in [1.54, 1.807) is 13.8 Å². The summed E-state index contributed by atoms with van der Waals surface area (Å²) in [6.07, 6.45) is -3.60. The van der Waals surface area contributed by atoms with Crippen LogP contribution in [0.5, 0.6) is 0 Å². The molecular formula is C25H29N3O3. The number of carboxylic acid groups (broad SMARTS) is 1. The van der Waals surface area contributed by atoms with Gasteiger partial charge in [0.1, 0.15) is 12.4 Å². The number of anilines is 1. The minimum atomic E-state index is -2.54. The molecule has 0 aliphatic carbocycles. The number of carboxylic acids is 1. The number of nitrogens with zero attached hydrogens (tertiary/aromatic N) is 3. The minimum Gasteiger partial charge on any atom is -0.480 e. The maximum Gasteiger partial charge on any atom is 0.329 e. The van der Waals surface area contributed by atoms with Crippen molar-refractivity contribution in [1.29, 1.82) is 0 Å². The predicted octanol–water partition coefficient (Wildman–Crippen LogP) is 4.91. The van der Waals surface area contributed by atoms with E-state index in [9.17, 15) is 4.79 Å². The maximum atomic E-state index is 10.7. The predicted molar refractivity (Wildman–Crippen MR) is 123 cm³/mol. The van der Waals surface area contributed by atoms with E-state index in [0.29, 0.717) is 11.4 Å². The SMILES string of the molecule is [2H]C(C)(C)N(CC([2H])([2H])C([2H])([2H])COCC(=O)O)c1cnc(-c2ccccc2)c(-c2ccccc2)n1. The first-order valence-corrected chi connectivity index (χ1v) is 9.87. The van der Waals surface area contributed by atoms with Crippen molar-refractivity contribution in [3.05, 3.63) is 66.9 Å². The van der Waals surface area contributed by atoms with Gasteiger partial charge >= 0.3 is 5.97 Å². The molecule has 0 saturated carbocycles. The van der Waals surface area contributed by atoms with Crippen molar-refractivity contribution < 1.29 is 21.5 Å². The van der Waals surface area contributed by atoms with Gasteiger partial charge in [0.15, 0.2) is 0 Å². The van der Waals surface area contributed by atoms with Crippen molar-refractivity contribution in [3.8, 4) is 22.5 Å². The van der Waals surface area contributed by atoms with Crippen LogP contribution in [0.1, 0.15) is 33.4 Å². The molecule has 2 aromatic carbocycles. The highest BCUT2D eigenvalue weighted by Gasteiger charge is 2.17. The number of ether oxygens (including phenoxy) is 1. The summed E-state index contributed by atoms with van der Waals surface area (Å²) in [6.45, 7) is 1.06. The third-order valence-electron chi connectivity index (χ3n) is 4.43. The molecule has 1 aromatic heterocycles. The lowest BCUT2D eigenvalue weighted by molar-refractivity contribution is -0.142. The molecule has 0 bridgehead atoms. The summed E-state index contributed by atoms with van der Waals surface area (Å²) in [4.78, 5) is 21.5. The molecule has 0 amide bonds. The summed E-state index contributed by atoms with van der Waals surface area (Å²) in [5.41, 5.74) is 2.79. The summed E-state index contributed by atoms with van der Waals surface area (Å²) in [5, 5.41) is 8.75. The lowest BCUT2D eigenvalue weighted by atomic mass is 10.0. The third-order valence-corrected chi connectivity index (χ3v) is 4.43. The monoisotopic (exact) mass is 424 g/mol. The summed E-state index contributed by atoms with van der Waals surface area (Å²) >= 11 is 0. The highest BCUT2D eigenvalue weighted by molar-refractivity contribution is 5.78. The van der Waals surface area contributed by atoms with Gasteiger partial charge in [0.2, 0.25) is 0 Å². The summed E-state index contributed by atoms with van der Waals surface area (Å²) in [6, 6.07) is 17.5. The molecule has 0 aliphatic heterocycles. The second-order valence-electron chi connectivity index (χ2n) is 6.93. The van der Waals surface area contributed by atoms with Crippen molar-refractivity contribution in [2.24, 2.45) is 0 Å². The first-order chi connectivity index (χ1) is 16.8. The number of carbonyl (C=O) groups is 1. The second-order valence-corrected chi connectivity index (χ2v) is 6.93. The van der Waals surface area contributed by atoms with Crippen LogP contribution in [0.15, 0.2) is 66.9 Å². The molecule has 0 saturated heterocycles. The topological polar surface area (TPSA) is 75.5 Å². The van der Waals surface area contributed by atoms with Gasteiger partial charge in [-0.1, -0.05) is 60.7 Å². The number of hydrogen-bond acceptors (Lipinski definition) is 5. The van der Waals surface area contributed by atoms with Gasteiger partial charge in [-0.15, -0.1) is 0 Å². The Hall–Kier alpha value is -3.25. The van der Waals surface area contributed by atoms with Gasteiger partial charge in [0, 0.05) is 35.8 Å². The molecule has 0 spiro atoms. The molecule has 0 aliphatic rings. The lowest BCUT2D eigenvalue weighted by Gasteiger charge is -2.28. The van der Waals surface area contributed by atoms with Gasteiger partial charge in [-0.05, 0) is 26.6 Å². The van der Waals surface area contributed by atoms with E-state index in [2.05, 4.69) is 4.98 Å². The lowest BCUT2D eigenvalue weighted by Crippen LogP contribution is -2.33. The number of aliphatic carboxylic acids is 1. The molecule has 0 unspecified atom stereocenters. The van der Waals surface area contributed by atoms with Crippen LogP contribution in [0.4, 0.5) is 5.82 Å². The van der Waals surface area contributed by atoms with E-state index in [0.717, 1.165) is 11.1 Å². The number of rotatable bonds is 11. The Labute approximate surface area is 190 Å². The third kappa shape index (κ3) is 6.36. The second kappa shape index (κ2) is 11.2. The Morgan fingerprint density at radius 1 is 1.06 bits per heavy atom. The maximum absolute atomic E-state index is 10.7. The average molecular weight is 425 g/mol. The van der Waals surface area contributed by atoms with E-state index < -0.39 is 44.5 Å². The highest BCUT2D eigenvalue weighted by atomic mass is 16.5. The van der Waals surface area contributed by atoms with Crippen molar-refractivity contribution in [1.82, 2.24) is 9.97 Å². The van der Waals surface area contributed by atoms with Crippen LogP contribution in [0, 0.1) is 0 Å². The number of hydrogen-bond donors (Lipinski definition) is 1. The fourth-order valence-electron chi connectivity index (χ4n) is 2.96. The molecule has 162 valence electrons. The van der Waals surface area contributed by atoms with E-state index in [1.165, 1.54) is 11.1 Å². The number of benzene rings is 2. The Balaban J connectivity index is 2.03. The van der Waals surface area contributed by atoms with E-state index in [1.807, 2.05) is 60.7 Å². The highest BCUT2D eigenvalue weighted by Crippen LogP contribution is 2.30. The van der Waals surface area contributed by atoms with Crippen molar-refractivity contribution in [3.63, 3.8) is 0 Å². The van der Waals surface area contributed by atoms with Crippen molar-refractivity contribution >= 4 is 11.8 Å². The molecule has 6 heteroatoms. The Morgan fingerprint density at radius 3 is 2.26 bits per heavy atom. The van der Waals surface area contributed by atoms with Gasteiger partial charge in [-0.2, -0.15) is 0 Å². The standard InChI is InChI=1S/C25H29N3O3/c1-19(2)28(15-9-10-16-31-18-23(29)30)22-17-26-24(20-11-5-3-6-12-20)25(27-22)21-13-7-4-8-14-21/h3-8,11-14,17,19H,9-10,15-16,18H2,1-2H3,(H,29,30)/i9D2,10D2,19D. The molecule has 0 fully saturated rings. The Morgan fingerprint density at radius 2 is 1.68 bits per heavy atom. The molecule has 3 aromatic rings. The van der Waals surface area contributed by atoms with Gasteiger partial charge in [0.05, 0.1) is 19.0 Å². The molecule has 0 atom stereocenters. The van der Waals surface area contributed by atoms with Crippen LogP contribution < -0.4 is 4.90 Å². The molecule has 1 heterocycles. The van der Waals surface area contributed by atoms with Gasteiger partial charge < -0.3 is 14.7 Å². The largest absolute Gasteiger partial charge is 0.480 e. The molecular weight excluding hydrogens is 390 g/mol. The average Bonchev–Trinajstić information content (AvgIpc) is 2.82. The zero-order chi connectivity index (χ0) is 26.6. The smallest absolute Gasteiger partial charge is 0.329 e. The zero-order valence-corrected chi connectivity index (χ0v) is 17.6. The Bertz CT molecular complexity index is 1170. The van der Waals surface area contributed by atoms with Crippen LogP contribution in [0.3, 0.4) is 0 Å². The molecule has 6 nitrogen and oxygen atoms in total. The van der Waals surface area contributed by atoms with Crippen LogP contribution in [0.2, 0.25) is 0 Å². The molecule has 31 heavy (non-hydrogen) atoms. The molecule has 1 N–H and O–H groups in total.